The Morgan fingerprint density at radius 3 is 2.58 bits per heavy atom. The summed E-state index contributed by atoms with van der Waals surface area (Å²) in [7, 11) is 0. The van der Waals surface area contributed by atoms with Gasteiger partial charge in [-0.1, -0.05) is 22.9 Å². The van der Waals surface area contributed by atoms with Crippen LogP contribution in [-0.4, -0.2) is 17.3 Å². The van der Waals surface area contributed by atoms with Crippen LogP contribution in [0.4, 0.5) is 0 Å². The molecule has 3 heteroatoms. The number of hydrogen-bond acceptors (Lipinski definition) is 1. The lowest BCUT2D eigenvalue weighted by Crippen LogP contribution is -2.38. The monoisotopic (exact) mass is 233 g/mol. The normalized spacial score (nSPS) is 21.6. The highest BCUT2D eigenvalue weighted by atomic mass is 79.9. The van der Waals surface area contributed by atoms with Gasteiger partial charge in [0.2, 0.25) is 5.91 Å². The van der Waals surface area contributed by atoms with Crippen LogP contribution in [0.15, 0.2) is 0 Å². The third-order valence-corrected chi connectivity index (χ3v) is 3.44. The van der Waals surface area contributed by atoms with Crippen molar-refractivity contribution in [2.24, 2.45) is 11.8 Å². The molecule has 1 amide bonds. The molecule has 0 spiro atoms. The summed E-state index contributed by atoms with van der Waals surface area (Å²) in [4.78, 5) is 11.3. The van der Waals surface area contributed by atoms with Gasteiger partial charge in [-0.25, -0.2) is 0 Å². The fraction of sp³-hybridized carbons (Fsp3) is 0.889. The summed E-state index contributed by atoms with van der Waals surface area (Å²) in [5, 5.41) is 3.97. The molecule has 12 heavy (non-hydrogen) atoms. The van der Waals surface area contributed by atoms with Gasteiger partial charge in [-0.05, 0) is 25.7 Å². The summed E-state index contributed by atoms with van der Waals surface area (Å²) in [5.41, 5.74) is 0. The lowest BCUT2D eigenvalue weighted by Gasteiger charge is -2.18. The second-order valence-electron chi connectivity index (χ2n) is 3.70. The predicted octanol–water partition coefficient (Wildman–Crippen LogP) is 1.93. The molecule has 0 radical (unpaired) electrons. The average molecular weight is 234 g/mol. The molecule has 0 bridgehead atoms. The summed E-state index contributed by atoms with van der Waals surface area (Å²) in [6.45, 7) is 4.19. The second kappa shape index (κ2) is 4.26. The largest absolute Gasteiger partial charge is 0.353 e. The van der Waals surface area contributed by atoms with E-state index in [1.165, 1.54) is 0 Å². The molecule has 2 unspecified atom stereocenters. The van der Waals surface area contributed by atoms with E-state index >= 15 is 0 Å². The number of hydrogen-bond donors (Lipinski definition) is 1. The molecule has 2 atom stereocenters. The molecule has 0 heterocycles. The number of rotatable bonds is 4. The lowest BCUT2D eigenvalue weighted by molar-refractivity contribution is -0.123. The topological polar surface area (TPSA) is 29.1 Å². The Balaban J connectivity index is 2.24. The Morgan fingerprint density at radius 1 is 1.58 bits per heavy atom. The highest BCUT2D eigenvalue weighted by Gasteiger charge is 2.30. The molecular formula is C9H16BrNO. The van der Waals surface area contributed by atoms with Gasteiger partial charge >= 0.3 is 0 Å². The van der Waals surface area contributed by atoms with E-state index in [1.54, 1.807) is 0 Å². The first-order valence-electron chi connectivity index (χ1n) is 4.51. The van der Waals surface area contributed by atoms with Crippen LogP contribution in [0.3, 0.4) is 0 Å². The third-order valence-electron chi connectivity index (χ3n) is 2.42. The van der Waals surface area contributed by atoms with Crippen molar-refractivity contribution < 1.29 is 4.79 Å². The third kappa shape index (κ3) is 2.77. The van der Waals surface area contributed by atoms with Crippen LogP contribution in [0.25, 0.3) is 0 Å². The van der Waals surface area contributed by atoms with E-state index in [9.17, 15) is 4.79 Å². The maximum atomic E-state index is 11.3. The number of halogens is 1. The predicted molar refractivity (Wildman–Crippen MR) is 53.3 cm³/mol. The lowest BCUT2D eigenvalue weighted by atomic mass is 10.1. The zero-order chi connectivity index (χ0) is 9.14. The molecule has 1 aliphatic rings. The molecular weight excluding hydrogens is 218 g/mol. The van der Waals surface area contributed by atoms with E-state index in [0.29, 0.717) is 11.8 Å². The molecule has 1 N–H and O–H groups in total. The van der Waals surface area contributed by atoms with Gasteiger partial charge in [0, 0.05) is 17.3 Å². The van der Waals surface area contributed by atoms with E-state index in [1.807, 2.05) is 0 Å². The Labute approximate surface area is 82.2 Å². The molecule has 70 valence electrons. The molecule has 0 aromatic carbocycles. The van der Waals surface area contributed by atoms with E-state index in [4.69, 9.17) is 0 Å². The summed E-state index contributed by atoms with van der Waals surface area (Å²) in [5.74, 6) is 1.08. The van der Waals surface area contributed by atoms with Gasteiger partial charge < -0.3 is 5.32 Å². The summed E-state index contributed by atoms with van der Waals surface area (Å²) in [6, 6.07) is 0.289. The fourth-order valence-corrected chi connectivity index (χ4v) is 1.52. The van der Waals surface area contributed by atoms with Crippen LogP contribution in [-0.2, 0) is 4.79 Å². The van der Waals surface area contributed by atoms with E-state index in [0.717, 1.165) is 18.2 Å². The Hall–Kier alpha value is -0.0500. The first kappa shape index (κ1) is 10.0. The molecule has 0 saturated heterocycles. The first-order chi connectivity index (χ1) is 5.65. The zero-order valence-corrected chi connectivity index (χ0v) is 9.23. The molecule has 1 rings (SSSR count). The van der Waals surface area contributed by atoms with Crippen LogP contribution in [0.5, 0.6) is 0 Å². The van der Waals surface area contributed by atoms with E-state index < -0.39 is 0 Å². The van der Waals surface area contributed by atoms with Crippen molar-refractivity contribution in [3.05, 3.63) is 0 Å². The van der Waals surface area contributed by atoms with Crippen molar-refractivity contribution in [3.8, 4) is 0 Å². The number of nitrogens with one attached hydrogen (secondary N) is 1. The molecule has 0 aromatic heterocycles. The van der Waals surface area contributed by atoms with Crippen molar-refractivity contribution in [1.82, 2.24) is 5.32 Å². The number of amides is 1. The maximum absolute atomic E-state index is 11.3. The number of carbonyl (C=O) groups excluding carboxylic acids is 1. The van der Waals surface area contributed by atoms with Crippen LogP contribution in [0.1, 0.15) is 26.7 Å². The fourth-order valence-electron chi connectivity index (χ4n) is 0.964. The van der Waals surface area contributed by atoms with E-state index in [-0.39, 0.29) is 11.9 Å². The van der Waals surface area contributed by atoms with Crippen LogP contribution in [0.2, 0.25) is 0 Å². The Bertz CT molecular complexity index is 168. The minimum Gasteiger partial charge on any atom is -0.353 e. The summed E-state index contributed by atoms with van der Waals surface area (Å²) >= 11 is 3.41. The van der Waals surface area contributed by atoms with Crippen LogP contribution < -0.4 is 5.32 Å². The minimum absolute atomic E-state index is 0.246. The van der Waals surface area contributed by atoms with Crippen molar-refractivity contribution in [1.29, 1.82) is 0 Å². The standard InChI is InChI=1S/C9H16BrNO/c1-6(5-10)7(2)11-9(12)8-3-4-8/h6-8H,3-5H2,1-2H3,(H,11,12). The van der Waals surface area contributed by atoms with Gasteiger partial charge in [-0.3, -0.25) is 4.79 Å². The van der Waals surface area contributed by atoms with Crippen molar-refractivity contribution in [3.63, 3.8) is 0 Å². The quantitative estimate of drug-likeness (QED) is 0.740. The summed E-state index contributed by atoms with van der Waals surface area (Å²) < 4.78 is 0. The second-order valence-corrected chi connectivity index (χ2v) is 4.35. The Morgan fingerprint density at radius 2 is 2.17 bits per heavy atom. The highest BCUT2D eigenvalue weighted by Crippen LogP contribution is 2.29. The van der Waals surface area contributed by atoms with Crippen molar-refractivity contribution >= 4 is 21.8 Å². The van der Waals surface area contributed by atoms with Gasteiger partial charge in [0.15, 0.2) is 0 Å². The van der Waals surface area contributed by atoms with Gasteiger partial charge in [-0.2, -0.15) is 0 Å². The molecule has 1 fully saturated rings. The molecule has 0 aromatic rings. The average Bonchev–Trinajstić information content (AvgIpc) is 2.84. The molecule has 0 aliphatic heterocycles. The smallest absolute Gasteiger partial charge is 0.223 e. The van der Waals surface area contributed by atoms with Crippen LogP contribution in [0, 0.1) is 11.8 Å². The van der Waals surface area contributed by atoms with Crippen LogP contribution >= 0.6 is 15.9 Å². The first-order valence-corrected chi connectivity index (χ1v) is 5.63. The van der Waals surface area contributed by atoms with Gasteiger partial charge in [0.05, 0.1) is 0 Å². The SMILES string of the molecule is CC(CBr)C(C)NC(=O)C1CC1. The van der Waals surface area contributed by atoms with Gasteiger partial charge in [0.1, 0.15) is 0 Å². The minimum atomic E-state index is 0.246. The van der Waals surface area contributed by atoms with Crippen molar-refractivity contribution in [2.75, 3.05) is 5.33 Å². The highest BCUT2D eigenvalue weighted by molar-refractivity contribution is 9.09. The van der Waals surface area contributed by atoms with Gasteiger partial charge in [-0.15, -0.1) is 0 Å². The number of alkyl halides is 1. The van der Waals surface area contributed by atoms with E-state index in [2.05, 4.69) is 35.1 Å². The number of carbonyl (C=O) groups is 1. The maximum Gasteiger partial charge on any atom is 0.223 e. The summed E-state index contributed by atoms with van der Waals surface area (Å²) in [6.07, 6.45) is 2.17. The zero-order valence-electron chi connectivity index (χ0n) is 7.64. The molecule has 1 aliphatic carbocycles. The molecule has 2 nitrogen and oxygen atoms in total. The van der Waals surface area contributed by atoms with Gasteiger partial charge in [0.25, 0.3) is 0 Å². The Kier molecular flexibility index (Phi) is 3.56. The molecule has 1 saturated carbocycles. The van der Waals surface area contributed by atoms with Crippen molar-refractivity contribution in [2.45, 2.75) is 32.7 Å².